The van der Waals surface area contributed by atoms with E-state index in [1.54, 1.807) is 0 Å². The second kappa shape index (κ2) is 6.57. The zero-order valence-electron chi connectivity index (χ0n) is 12.4. The number of carbonyl (C=O) groups excluding carboxylic acids is 2. The van der Waals surface area contributed by atoms with Gasteiger partial charge in [-0.1, -0.05) is 19.3 Å². The number of piperidine rings is 1. The lowest BCUT2D eigenvalue weighted by Crippen LogP contribution is -2.53. The van der Waals surface area contributed by atoms with Crippen molar-refractivity contribution in [2.24, 2.45) is 23.3 Å². The predicted molar refractivity (Wildman–Crippen MR) is 77.6 cm³/mol. The van der Waals surface area contributed by atoms with Gasteiger partial charge in [-0.2, -0.15) is 0 Å². The summed E-state index contributed by atoms with van der Waals surface area (Å²) in [5, 5.41) is 0. The summed E-state index contributed by atoms with van der Waals surface area (Å²) in [4.78, 5) is 26.0. The Morgan fingerprint density at radius 2 is 1.75 bits per heavy atom. The second-order valence-electron chi connectivity index (χ2n) is 6.42. The average Bonchev–Trinajstić information content (AvgIpc) is 2.63. The molecule has 4 N–H and O–H groups in total. The molecule has 0 aromatic rings. The Morgan fingerprint density at radius 1 is 1.05 bits per heavy atom. The van der Waals surface area contributed by atoms with Crippen LogP contribution < -0.4 is 11.5 Å². The molecular weight excluding hydrogens is 254 g/mol. The van der Waals surface area contributed by atoms with Gasteiger partial charge in [0.1, 0.15) is 0 Å². The molecule has 0 spiro atoms. The summed E-state index contributed by atoms with van der Waals surface area (Å²) in [5.41, 5.74) is 11.6. The first-order valence-electron chi connectivity index (χ1n) is 7.86. The number of hydrogen-bond donors (Lipinski definition) is 2. The molecule has 0 aromatic carbocycles. The summed E-state index contributed by atoms with van der Waals surface area (Å²) < 4.78 is 0. The van der Waals surface area contributed by atoms with Gasteiger partial charge in [0.2, 0.25) is 11.8 Å². The fourth-order valence-corrected chi connectivity index (χ4v) is 3.50. The molecule has 2 aliphatic rings. The first kappa shape index (κ1) is 15.3. The minimum atomic E-state index is -0.292. The molecule has 1 heterocycles. The van der Waals surface area contributed by atoms with E-state index in [4.69, 9.17) is 11.5 Å². The molecule has 2 amide bonds. The molecule has 20 heavy (non-hydrogen) atoms. The Bertz CT molecular complexity index is 372. The maximum absolute atomic E-state index is 12.8. The van der Waals surface area contributed by atoms with Gasteiger partial charge in [-0.3, -0.25) is 9.59 Å². The van der Waals surface area contributed by atoms with Crippen LogP contribution in [0.25, 0.3) is 0 Å². The van der Waals surface area contributed by atoms with E-state index in [0.29, 0.717) is 6.54 Å². The van der Waals surface area contributed by atoms with Crippen LogP contribution in [0.1, 0.15) is 51.9 Å². The summed E-state index contributed by atoms with van der Waals surface area (Å²) in [6.07, 6.45) is 6.80. The molecule has 5 nitrogen and oxygen atoms in total. The van der Waals surface area contributed by atoms with Gasteiger partial charge >= 0.3 is 0 Å². The molecule has 1 saturated heterocycles. The van der Waals surface area contributed by atoms with Gasteiger partial charge in [-0.05, 0) is 32.6 Å². The van der Waals surface area contributed by atoms with E-state index in [1.807, 2.05) is 4.90 Å². The summed E-state index contributed by atoms with van der Waals surface area (Å²) in [7, 11) is 0. The quantitative estimate of drug-likeness (QED) is 0.740. The van der Waals surface area contributed by atoms with Gasteiger partial charge in [-0.15, -0.1) is 0 Å². The highest BCUT2D eigenvalue weighted by Crippen LogP contribution is 2.28. The smallest absolute Gasteiger partial charge is 0.227 e. The Morgan fingerprint density at radius 3 is 2.45 bits per heavy atom. The molecule has 4 atom stereocenters. The number of hydrogen-bond acceptors (Lipinski definition) is 3. The van der Waals surface area contributed by atoms with Gasteiger partial charge in [0, 0.05) is 18.6 Å². The topological polar surface area (TPSA) is 89.4 Å². The van der Waals surface area contributed by atoms with E-state index in [1.165, 1.54) is 0 Å². The van der Waals surface area contributed by atoms with Gasteiger partial charge < -0.3 is 16.4 Å². The lowest BCUT2D eigenvalue weighted by Gasteiger charge is -2.39. The molecule has 114 valence electrons. The lowest BCUT2D eigenvalue weighted by atomic mass is 9.88. The summed E-state index contributed by atoms with van der Waals surface area (Å²) in [6, 6.07) is 0.153. The Kier molecular flexibility index (Phi) is 5.02. The van der Waals surface area contributed by atoms with Crippen molar-refractivity contribution in [1.82, 2.24) is 4.90 Å². The Balaban J connectivity index is 2.07. The van der Waals surface area contributed by atoms with Crippen LogP contribution in [0.5, 0.6) is 0 Å². The van der Waals surface area contributed by atoms with Crippen LogP contribution in [0.2, 0.25) is 0 Å². The molecule has 4 unspecified atom stereocenters. The van der Waals surface area contributed by atoms with Crippen LogP contribution in [-0.2, 0) is 9.59 Å². The van der Waals surface area contributed by atoms with Gasteiger partial charge in [0.05, 0.1) is 11.8 Å². The highest BCUT2D eigenvalue weighted by molar-refractivity contribution is 5.82. The molecule has 0 radical (unpaired) electrons. The number of nitrogens with two attached hydrogens (primary N) is 2. The second-order valence-corrected chi connectivity index (χ2v) is 6.42. The van der Waals surface area contributed by atoms with Crippen molar-refractivity contribution in [3.8, 4) is 0 Å². The Labute approximate surface area is 121 Å². The standard InChI is InChI=1S/C15H27N3O2/c1-10-7-8-11(14(17)19)9-18(10)15(20)12-5-3-2-4-6-13(12)16/h10-13H,2-9,16H2,1H3,(H2,17,19). The summed E-state index contributed by atoms with van der Waals surface area (Å²) >= 11 is 0. The van der Waals surface area contributed by atoms with Crippen LogP contribution in [0.15, 0.2) is 0 Å². The maximum Gasteiger partial charge on any atom is 0.227 e. The van der Waals surface area contributed by atoms with Crippen LogP contribution in [0.3, 0.4) is 0 Å². The lowest BCUT2D eigenvalue weighted by molar-refractivity contribution is -0.142. The number of rotatable bonds is 2. The number of nitrogens with zero attached hydrogens (tertiary/aromatic N) is 1. The minimum absolute atomic E-state index is 0.0360. The largest absolute Gasteiger partial charge is 0.369 e. The normalized spacial score (nSPS) is 35.4. The van der Waals surface area contributed by atoms with Crippen LogP contribution >= 0.6 is 0 Å². The monoisotopic (exact) mass is 281 g/mol. The van der Waals surface area contributed by atoms with Gasteiger partial charge in [0.25, 0.3) is 0 Å². The van der Waals surface area contributed by atoms with E-state index in [9.17, 15) is 9.59 Å². The van der Waals surface area contributed by atoms with E-state index < -0.39 is 0 Å². The van der Waals surface area contributed by atoms with E-state index in [-0.39, 0.29) is 35.7 Å². The van der Waals surface area contributed by atoms with Gasteiger partial charge in [-0.25, -0.2) is 0 Å². The fraction of sp³-hybridized carbons (Fsp3) is 0.867. The predicted octanol–water partition coefficient (Wildman–Crippen LogP) is 1.01. The van der Waals surface area contributed by atoms with Gasteiger partial charge in [0.15, 0.2) is 0 Å². The molecule has 1 aliphatic heterocycles. The van der Waals surface area contributed by atoms with Crippen molar-refractivity contribution in [2.45, 2.75) is 64.0 Å². The third kappa shape index (κ3) is 3.32. The molecule has 0 bridgehead atoms. The molecule has 0 aromatic heterocycles. The highest BCUT2D eigenvalue weighted by atomic mass is 16.2. The Hall–Kier alpha value is -1.10. The molecule has 2 rings (SSSR count). The van der Waals surface area contributed by atoms with Crippen LogP contribution in [-0.4, -0.2) is 35.3 Å². The van der Waals surface area contributed by atoms with Crippen LogP contribution in [0.4, 0.5) is 0 Å². The third-order valence-corrected chi connectivity index (χ3v) is 4.95. The maximum atomic E-state index is 12.8. The number of primary amides is 1. The van der Waals surface area contributed by atoms with E-state index >= 15 is 0 Å². The van der Waals surface area contributed by atoms with Crippen LogP contribution in [0, 0.1) is 11.8 Å². The number of amides is 2. The summed E-state index contributed by atoms with van der Waals surface area (Å²) in [5.74, 6) is -0.429. The SMILES string of the molecule is CC1CCC(C(N)=O)CN1C(=O)C1CCCCCC1N. The average molecular weight is 281 g/mol. The van der Waals surface area contributed by atoms with Crippen molar-refractivity contribution in [2.75, 3.05) is 6.54 Å². The molecular formula is C15H27N3O2. The molecule has 1 saturated carbocycles. The minimum Gasteiger partial charge on any atom is -0.369 e. The molecule has 2 fully saturated rings. The zero-order valence-corrected chi connectivity index (χ0v) is 12.4. The third-order valence-electron chi connectivity index (χ3n) is 4.95. The van der Waals surface area contributed by atoms with Crippen molar-refractivity contribution >= 4 is 11.8 Å². The summed E-state index contributed by atoms with van der Waals surface area (Å²) in [6.45, 7) is 2.52. The van der Waals surface area contributed by atoms with Crippen molar-refractivity contribution < 1.29 is 9.59 Å². The number of likely N-dealkylation sites (tertiary alicyclic amines) is 1. The van der Waals surface area contributed by atoms with Crippen molar-refractivity contribution in [3.05, 3.63) is 0 Å². The highest BCUT2D eigenvalue weighted by Gasteiger charge is 2.37. The van der Waals surface area contributed by atoms with E-state index in [2.05, 4.69) is 6.92 Å². The molecule has 1 aliphatic carbocycles. The van der Waals surface area contributed by atoms with Crippen molar-refractivity contribution in [3.63, 3.8) is 0 Å². The molecule has 5 heteroatoms. The zero-order chi connectivity index (χ0) is 14.7. The van der Waals surface area contributed by atoms with E-state index in [0.717, 1.165) is 44.9 Å². The first-order valence-corrected chi connectivity index (χ1v) is 7.86. The first-order chi connectivity index (χ1) is 9.50. The van der Waals surface area contributed by atoms with Crippen molar-refractivity contribution in [1.29, 1.82) is 0 Å². The fourth-order valence-electron chi connectivity index (χ4n) is 3.50. The number of carbonyl (C=O) groups is 2.